The van der Waals surface area contributed by atoms with Crippen molar-refractivity contribution in [2.24, 2.45) is 0 Å². The van der Waals surface area contributed by atoms with Crippen LogP contribution in [0.25, 0.3) is 6.08 Å². The fraction of sp³-hybridized carbons (Fsp3) is 0.647. The van der Waals surface area contributed by atoms with Crippen LogP contribution in [0.2, 0.25) is 0 Å². The van der Waals surface area contributed by atoms with E-state index in [-0.39, 0.29) is 18.9 Å². The van der Waals surface area contributed by atoms with Crippen LogP contribution in [0.15, 0.2) is 36.1 Å². The molecule has 0 saturated heterocycles. The molecule has 9 heteroatoms. The molecule has 0 spiro atoms. The lowest BCUT2D eigenvalue weighted by Crippen LogP contribution is -2.50. The maximum atomic E-state index is 15.6. The molecule has 1 amide bonds. The Morgan fingerprint density at radius 3 is 2.30 bits per heavy atom. The van der Waals surface area contributed by atoms with Crippen LogP contribution < -0.4 is 5.32 Å². The van der Waals surface area contributed by atoms with Crippen LogP contribution in [-0.2, 0) is 4.79 Å². The number of halogens is 2. The predicted octanol–water partition coefficient (Wildman–Crippen LogP) is 7.36. The van der Waals surface area contributed by atoms with E-state index in [1.807, 2.05) is 19.1 Å². The van der Waals surface area contributed by atoms with Crippen LogP contribution in [0.1, 0.15) is 127 Å². The van der Waals surface area contributed by atoms with Gasteiger partial charge in [-0.15, -0.1) is 0 Å². The zero-order valence-corrected chi connectivity index (χ0v) is 26.7. The molecular formula is C34H54BF2N3O3. The second-order valence-electron chi connectivity index (χ2n) is 12.4. The van der Waals surface area contributed by atoms with Crippen molar-refractivity contribution in [1.29, 1.82) is 0 Å². The molecule has 43 heavy (non-hydrogen) atoms. The van der Waals surface area contributed by atoms with Crippen LogP contribution >= 0.6 is 0 Å². The van der Waals surface area contributed by atoms with Gasteiger partial charge in [0, 0.05) is 36.8 Å². The highest BCUT2D eigenvalue weighted by Crippen LogP contribution is 2.34. The third-order valence-electron chi connectivity index (χ3n) is 8.76. The molecule has 0 radical (unpaired) electrons. The molecule has 0 unspecified atom stereocenters. The number of nitrogens with zero attached hydrogens (tertiary/aromatic N) is 2. The normalized spacial score (nSPS) is 16.9. The van der Waals surface area contributed by atoms with Gasteiger partial charge >= 0.3 is 6.97 Å². The summed E-state index contributed by atoms with van der Waals surface area (Å²) in [5.74, 6) is -0.264. The molecule has 0 fully saturated rings. The highest BCUT2D eigenvalue weighted by molar-refractivity contribution is 6.58. The number of aliphatic hydroxyl groups is 2. The number of aromatic nitrogens is 1. The number of hydrogen-bond donors (Lipinski definition) is 3. The Morgan fingerprint density at radius 2 is 1.65 bits per heavy atom. The van der Waals surface area contributed by atoms with Crippen molar-refractivity contribution >= 4 is 24.7 Å². The molecule has 1 aromatic heterocycles. The number of aliphatic hydroxyl groups excluding tert-OH is 2. The van der Waals surface area contributed by atoms with E-state index >= 15 is 8.63 Å². The quantitative estimate of drug-likeness (QED) is 0.0783. The summed E-state index contributed by atoms with van der Waals surface area (Å²) in [6.45, 7) is 1.46. The fourth-order valence-corrected chi connectivity index (χ4v) is 6.30. The number of carbonyl (C=O) groups excluding carboxylic acids is 1. The Morgan fingerprint density at radius 1 is 1.00 bits per heavy atom. The summed E-state index contributed by atoms with van der Waals surface area (Å²) in [4.78, 5) is 12.5. The SMILES string of the molecule is CCCCCCCCCCCCC/C=C/[C@@H](O)[C@H](CO)NC(=O)CCCCC1=[N+]2C(=Cc3c(C)cc(C)n3[B-]2(F)F)C=C1. The van der Waals surface area contributed by atoms with E-state index in [4.69, 9.17) is 0 Å². The molecule has 0 aliphatic carbocycles. The zero-order valence-electron chi connectivity index (χ0n) is 26.7. The Balaban J connectivity index is 1.32. The van der Waals surface area contributed by atoms with Gasteiger partial charge in [0.15, 0.2) is 5.70 Å². The third kappa shape index (κ3) is 10.0. The van der Waals surface area contributed by atoms with E-state index in [1.165, 1.54) is 64.2 Å². The summed E-state index contributed by atoms with van der Waals surface area (Å²) in [5.41, 5.74) is 2.99. The number of fused-ring (bicyclic) bond motifs is 2. The van der Waals surface area contributed by atoms with Gasteiger partial charge in [-0.3, -0.25) is 4.79 Å². The van der Waals surface area contributed by atoms with Gasteiger partial charge in [-0.05, 0) is 56.9 Å². The molecule has 0 aromatic carbocycles. The van der Waals surface area contributed by atoms with Crippen molar-refractivity contribution in [3.63, 3.8) is 0 Å². The van der Waals surface area contributed by atoms with Gasteiger partial charge in [-0.1, -0.05) is 83.3 Å². The maximum absolute atomic E-state index is 15.6. The van der Waals surface area contributed by atoms with Crippen molar-refractivity contribution in [1.82, 2.24) is 9.79 Å². The van der Waals surface area contributed by atoms with Gasteiger partial charge in [0.05, 0.1) is 18.8 Å². The van der Waals surface area contributed by atoms with Gasteiger partial charge < -0.3 is 33.1 Å². The van der Waals surface area contributed by atoms with E-state index in [9.17, 15) is 15.0 Å². The lowest BCUT2D eigenvalue weighted by atomic mass is 9.90. The molecule has 3 heterocycles. The number of rotatable bonds is 21. The molecule has 240 valence electrons. The van der Waals surface area contributed by atoms with Crippen LogP contribution in [0.3, 0.4) is 0 Å². The number of hydrogen-bond acceptors (Lipinski definition) is 3. The minimum Gasteiger partial charge on any atom is -0.394 e. The van der Waals surface area contributed by atoms with Crippen molar-refractivity contribution in [2.75, 3.05) is 6.61 Å². The van der Waals surface area contributed by atoms with Crippen LogP contribution in [-0.4, -0.2) is 56.5 Å². The highest BCUT2D eigenvalue weighted by atomic mass is 19.2. The molecule has 3 rings (SSSR count). The second kappa shape index (κ2) is 17.7. The van der Waals surface area contributed by atoms with Crippen molar-refractivity contribution in [3.05, 3.63) is 53.0 Å². The van der Waals surface area contributed by atoms with E-state index in [2.05, 4.69) is 12.2 Å². The molecule has 6 nitrogen and oxygen atoms in total. The number of amides is 1. The summed E-state index contributed by atoms with van der Waals surface area (Å²) in [7, 11) is 0. The monoisotopic (exact) mass is 601 g/mol. The molecule has 2 atom stereocenters. The topological polar surface area (TPSA) is 77.5 Å². The first kappa shape index (κ1) is 35.0. The van der Waals surface area contributed by atoms with Crippen LogP contribution in [0.4, 0.5) is 8.63 Å². The Bertz CT molecular complexity index is 1170. The zero-order chi connectivity index (χ0) is 31.2. The molecule has 2 aliphatic heterocycles. The molecule has 3 N–H and O–H groups in total. The first-order chi connectivity index (χ1) is 20.7. The van der Waals surface area contributed by atoms with E-state index in [1.54, 1.807) is 31.2 Å². The fourth-order valence-electron chi connectivity index (χ4n) is 6.30. The number of carbonyl (C=O) groups is 1. The lowest BCUT2D eigenvalue weighted by Gasteiger charge is -2.30. The first-order valence-corrected chi connectivity index (χ1v) is 16.7. The molecule has 1 aromatic rings. The summed E-state index contributed by atoms with van der Waals surface area (Å²) in [5, 5.41) is 22.9. The largest absolute Gasteiger partial charge is 0.737 e. The minimum atomic E-state index is -3.98. The Kier molecular flexibility index (Phi) is 14.4. The predicted molar refractivity (Wildman–Crippen MR) is 173 cm³/mol. The average Bonchev–Trinajstić information content (AvgIpc) is 3.52. The van der Waals surface area contributed by atoms with Gasteiger partial charge in [-0.2, -0.15) is 0 Å². The number of nitrogens with one attached hydrogen (secondary N) is 1. The van der Waals surface area contributed by atoms with Gasteiger partial charge in [0.25, 0.3) is 0 Å². The van der Waals surface area contributed by atoms with E-state index in [0.717, 1.165) is 27.4 Å². The number of aryl methyl sites for hydroxylation is 2. The summed E-state index contributed by atoms with van der Waals surface area (Å²) in [6.07, 6.45) is 24.7. The number of unbranched alkanes of at least 4 members (excludes halogenated alkanes) is 12. The van der Waals surface area contributed by atoms with E-state index < -0.39 is 19.1 Å². The Labute approximate surface area is 257 Å². The van der Waals surface area contributed by atoms with Crippen molar-refractivity contribution < 1.29 is 28.1 Å². The van der Waals surface area contributed by atoms with Gasteiger partial charge in [-0.25, -0.2) is 0 Å². The van der Waals surface area contributed by atoms with Gasteiger partial charge in [0.2, 0.25) is 5.91 Å². The molecule has 0 bridgehead atoms. The highest BCUT2D eigenvalue weighted by Gasteiger charge is 2.52. The minimum absolute atomic E-state index is 0.201. The Hall–Kier alpha value is -2.52. The van der Waals surface area contributed by atoms with Crippen LogP contribution in [0, 0.1) is 13.8 Å². The maximum Gasteiger partial charge on any atom is 0.737 e. The third-order valence-corrected chi connectivity index (χ3v) is 8.76. The number of allylic oxidation sites excluding steroid dienone is 3. The van der Waals surface area contributed by atoms with Crippen LogP contribution in [0.5, 0.6) is 0 Å². The first-order valence-electron chi connectivity index (χ1n) is 16.7. The van der Waals surface area contributed by atoms with Crippen molar-refractivity contribution in [3.8, 4) is 0 Å². The van der Waals surface area contributed by atoms with Gasteiger partial charge in [0.1, 0.15) is 5.71 Å². The van der Waals surface area contributed by atoms with Crippen molar-refractivity contribution in [2.45, 2.75) is 136 Å². The summed E-state index contributed by atoms with van der Waals surface area (Å²) >= 11 is 0. The van der Waals surface area contributed by atoms with E-state index in [0.29, 0.717) is 42.1 Å². The lowest BCUT2D eigenvalue weighted by molar-refractivity contribution is -0.362. The second-order valence-corrected chi connectivity index (χ2v) is 12.4. The molecular weight excluding hydrogens is 547 g/mol. The molecule has 2 aliphatic rings. The smallest absolute Gasteiger partial charge is 0.394 e. The average molecular weight is 602 g/mol. The summed E-state index contributed by atoms with van der Waals surface area (Å²) in [6, 6.07) is 1.02. The molecule has 0 saturated carbocycles. The summed E-state index contributed by atoms with van der Waals surface area (Å²) < 4.78 is 33.4. The standard InChI is InChI=1S/C34H54BF2N3O3/c1-4-5-6-7-8-9-10-11-12-13-14-15-16-20-33(42)31(26-41)38-34(43)21-18-17-19-29-22-23-30-25-32-27(2)24-28(3)39(32)35(36,37)40(29)30/h16,20,22-25,31,33,41-42H,4-15,17-19,21,26H2,1-3H3,(H,38,43)/b20-16+/t31-,33+/m0/s1.